The van der Waals surface area contributed by atoms with Crippen LogP contribution in [0.3, 0.4) is 0 Å². The monoisotopic (exact) mass is 244 g/mol. The van der Waals surface area contributed by atoms with Crippen molar-refractivity contribution >= 4 is 28.3 Å². The minimum atomic E-state index is 0.595. The molecule has 0 aliphatic carbocycles. The Morgan fingerprint density at radius 3 is 2.82 bits per heavy atom. The highest BCUT2D eigenvalue weighted by Crippen LogP contribution is 2.31. The molecule has 2 heterocycles. The summed E-state index contributed by atoms with van der Waals surface area (Å²) in [6, 6.07) is 11.0. The van der Waals surface area contributed by atoms with Crippen molar-refractivity contribution in [3.8, 4) is 11.5 Å². The Labute approximate surface area is 103 Å². The van der Waals surface area contributed by atoms with E-state index in [2.05, 4.69) is 4.98 Å². The van der Waals surface area contributed by atoms with Crippen LogP contribution in [0.25, 0.3) is 22.4 Å². The number of anilines is 1. The van der Waals surface area contributed by atoms with E-state index in [0.29, 0.717) is 27.7 Å². The zero-order valence-electron chi connectivity index (χ0n) is 8.85. The van der Waals surface area contributed by atoms with E-state index >= 15 is 0 Å². The van der Waals surface area contributed by atoms with E-state index in [1.807, 2.05) is 18.2 Å². The van der Waals surface area contributed by atoms with Crippen LogP contribution in [-0.4, -0.2) is 4.98 Å². The molecule has 2 N–H and O–H groups in total. The molecule has 3 nitrogen and oxygen atoms in total. The lowest BCUT2D eigenvalue weighted by Gasteiger charge is -1.96. The van der Waals surface area contributed by atoms with Gasteiger partial charge in [0, 0.05) is 17.3 Å². The lowest BCUT2D eigenvalue weighted by atomic mass is 10.2. The number of hydrogen-bond acceptors (Lipinski definition) is 3. The summed E-state index contributed by atoms with van der Waals surface area (Å²) < 4.78 is 5.69. The van der Waals surface area contributed by atoms with Crippen molar-refractivity contribution in [1.29, 1.82) is 0 Å². The molecule has 0 unspecified atom stereocenters. The number of para-hydroxylation sites is 1. The van der Waals surface area contributed by atoms with Crippen LogP contribution >= 0.6 is 11.6 Å². The predicted octanol–water partition coefficient (Wildman–Crippen LogP) is 3.73. The van der Waals surface area contributed by atoms with Gasteiger partial charge < -0.3 is 10.2 Å². The smallest absolute Gasteiger partial charge is 0.153 e. The zero-order valence-corrected chi connectivity index (χ0v) is 9.61. The summed E-state index contributed by atoms with van der Waals surface area (Å²) in [7, 11) is 0. The summed E-state index contributed by atoms with van der Waals surface area (Å²) in [5.74, 6) is 0.667. The highest BCUT2D eigenvalue weighted by molar-refractivity contribution is 6.34. The number of benzene rings is 1. The van der Waals surface area contributed by atoms with Crippen LogP contribution in [0.2, 0.25) is 5.02 Å². The maximum absolute atomic E-state index is 6.05. The number of halogens is 1. The van der Waals surface area contributed by atoms with Crippen LogP contribution in [0.4, 0.5) is 5.69 Å². The van der Waals surface area contributed by atoms with Gasteiger partial charge in [-0.25, -0.2) is 0 Å². The first-order valence-corrected chi connectivity index (χ1v) is 5.52. The number of nitrogens with two attached hydrogens (primary N) is 1. The Morgan fingerprint density at radius 2 is 2.06 bits per heavy atom. The summed E-state index contributed by atoms with van der Waals surface area (Å²) in [5, 5.41) is 1.55. The number of nitrogens with zero attached hydrogens (tertiary/aromatic N) is 1. The van der Waals surface area contributed by atoms with Crippen LogP contribution < -0.4 is 5.73 Å². The van der Waals surface area contributed by atoms with Crippen LogP contribution in [0.1, 0.15) is 0 Å². The molecule has 0 saturated carbocycles. The molecule has 2 aromatic heterocycles. The fourth-order valence-corrected chi connectivity index (χ4v) is 1.96. The Morgan fingerprint density at radius 1 is 1.18 bits per heavy atom. The number of rotatable bonds is 1. The van der Waals surface area contributed by atoms with Gasteiger partial charge in [-0.3, -0.25) is 4.98 Å². The molecule has 0 saturated heterocycles. The second kappa shape index (κ2) is 3.79. The second-order valence-electron chi connectivity index (χ2n) is 3.74. The van der Waals surface area contributed by atoms with Crippen molar-refractivity contribution in [1.82, 2.24) is 4.98 Å². The molecule has 0 radical (unpaired) electrons. The SMILES string of the molecule is Nc1ccnc(-c2cc3cccc(Cl)c3o2)c1. The zero-order chi connectivity index (χ0) is 11.8. The van der Waals surface area contributed by atoms with Gasteiger partial charge in [-0.1, -0.05) is 23.7 Å². The summed E-state index contributed by atoms with van der Waals surface area (Å²) in [6.45, 7) is 0. The lowest BCUT2D eigenvalue weighted by Crippen LogP contribution is -1.86. The number of nitrogen functional groups attached to an aromatic ring is 1. The summed E-state index contributed by atoms with van der Waals surface area (Å²) in [4.78, 5) is 4.22. The quantitative estimate of drug-likeness (QED) is 0.710. The van der Waals surface area contributed by atoms with Gasteiger partial charge in [0.1, 0.15) is 5.69 Å². The molecule has 0 aliphatic rings. The van der Waals surface area contributed by atoms with E-state index in [1.165, 1.54) is 0 Å². The van der Waals surface area contributed by atoms with Gasteiger partial charge in [-0.15, -0.1) is 0 Å². The maximum atomic E-state index is 6.05. The molecule has 0 fully saturated rings. The molecule has 17 heavy (non-hydrogen) atoms. The molecule has 1 aromatic carbocycles. The molecule has 0 aliphatic heterocycles. The molecule has 0 amide bonds. The molecule has 0 bridgehead atoms. The molecular weight excluding hydrogens is 236 g/mol. The molecule has 0 atom stereocenters. The van der Waals surface area contributed by atoms with Gasteiger partial charge in [0.15, 0.2) is 11.3 Å². The van der Waals surface area contributed by atoms with Crippen molar-refractivity contribution in [2.75, 3.05) is 5.73 Å². The van der Waals surface area contributed by atoms with E-state index in [-0.39, 0.29) is 0 Å². The average Bonchev–Trinajstić information content (AvgIpc) is 2.74. The second-order valence-corrected chi connectivity index (χ2v) is 4.15. The van der Waals surface area contributed by atoms with E-state index in [0.717, 1.165) is 5.39 Å². The normalized spacial score (nSPS) is 10.9. The Balaban J connectivity index is 2.22. The Kier molecular flexibility index (Phi) is 2.27. The third-order valence-corrected chi connectivity index (χ3v) is 2.83. The average molecular weight is 245 g/mol. The van der Waals surface area contributed by atoms with Gasteiger partial charge in [-0.2, -0.15) is 0 Å². The summed E-state index contributed by atoms with van der Waals surface area (Å²) in [6.07, 6.45) is 1.65. The van der Waals surface area contributed by atoms with Crippen molar-refractivity contribution in [3.05, 3.63) is 47.6 Å². The molecule has 3 rings (SSSR count). The van der Waals surface area contributed by atoms with Gasteiger partial charge in [0.05, 0.1) is 5.02 Å². The molecular formula is C13H9ClN2O. The number of aromatic nitrogens is 1. The third kappa shape index (κ3) is 1.74. The minimum Gasteiger partial charge on any atom is -0.453 e. The van der Waals surface area contributed by atoms with Gasteiger partial charge in [0.25, 0.3) is 0 Å². The van der Waals surface area contributed by atoms with E-state index < -0.39 is 0 Å². The Hall–Kier alpha value is -2.00. The number of fused-ring (bicyclic) bond motifs is 1. The summed E-state index contributed by atoms with van der Waals surface area (Å²) in [5.41, 5.74) is 7.75. The topological polar surface area (TPSA) is 52.0 Å². The number of furan rings is 1. The first-order chi connectivity index (χ1) is 8.24. The Bertz CT molecular complexity index is 691. The number of hydrogen-bond donors (Lipinski definition) is 1. The van der Waals surface area contributed by atoms with Gasteiger partial charge in [-0.05, 0) is 24.3 Å². The molecule has 0 spiro atoms. The largest absolute Gasteiger partial charge is 0.453 e. The first-order valence-electron chi connectivity index (χ1n) is 5.14. The van der Waals surface area contributed by atoms with Crippen LogP contribution in [0.15, 0.2) is 47.0 Å². The fourth-order valence-electron chi connectivity index (χ4n) is 1.74. The predicted molar refractivity (Wildman–Crippen MR) is 68.9 cm³/mol. The van der Waals surface area contributed by atoms with Crippen molar-refractivity contribution in [2.45, 2.75) is 0 Å². The van der Waals surface area contributed by atoms with Gasteiger partial charge in [0.2, 0.25) is 0 Å². The highest BCUT2D eigenvalue weighted by Gasteiger charge is 2.09. The van der Waals surface area contributed by atoms with Crippen molar-refractivity contribution in [3.63, 3.8) is 0 Å². The summed E-state index contributed by atoms with van der Waals surface area (Å²) >= 11 is 6.05. The van der Waals surface area contributed by atoms with Crippen LogP contribution in [-0.2, 0) is 0 Å². The van der Waals surface area contributed by atoms with Crippen molar-refractivity contribution in [2.24, 2.45) is 0 Å². The highest BCUT2D eigenvalue weighted by atomic mass is 35.5. The molecule has 3 aromatic rings. The van der Waals surface area contributed by atoms with Gasteiger partial charge >= 0.3 is 0 Å². The van der Waals surface area contributed by atoms with E-state index in [1.54, 1.807) is 24.4 Å². The standard InChI is InChI=1S/C13H9ClN2O/c14-10-3-1-2-8-6-12(17-13(8)10)11-7-9(15)4-5-16-11/h1-7H,(H2,15,16). The lowest BCUT2D eigenvalue weighted by molar-refractivity contribution is 0.629. The fraction of sp³-hybridized carbons (Fsp3) is 0. The maximum Gasteiger partial charge on any atom is 0.153 e. The minimum absolute atomic E-state index is 0.595. The van der Waals surface area contributed by atoms with E-state index in [9.17, 15) is 0 Å². The third-order valence-electron chi connectivity index (χ3n) is 2.53. The van der Waals surface area contributed by atoms with Crippen molar-refractivity contribution < 1.29 is 4.42 Å². The van der Waals surface area contributed by atoms with Crippen LogP contribution in [0, 0.1) is 0 Å². The number of pyridine rings is 1. The van der Waals surface area contributed by atoms with E-state index in [4.69, 9.17) is 21.8 Å². The first kappa shape index (κ1) is 10.2. The molecule has 4 heteroatoms. The van der Waals surface area contributed by atoms with Crippen LogP contribution in [0.5, 0.6) is 0 Å². The molecule has 84 valence electrons.